The van der Waals surface area contributed by atoms with Gasteiger partial charge in [0, 0.05) is 38.3 Å². The molecule has 0 radical (unpaired) electrons. The van der Waals surface area contributed by atoms with Gasteiger partial charge in [0.1, 0.15) is 0 Å². The third-order valence-corrected chi connectivity index (χ3v) is 5.31. The molecule has 0 aliphatic carbocycles. The first-order valence-electron chi connectivity index (χ1n) is 10.0. The molecule has 1 aromatic carbocycles. The lowest BCUT2D eigenvalue weighted by Crippen LogP contribution is -2.36. The van der Waals surface area contributed by atoms with E-state index in [0.29, 0.717) is 26.1 Å². The molecule has 2 atom stereocenters. The summed E-state index contributed by atoms with van der Waals surface area (Å²) in [6, 6.07) is 12.2. The Morgan fingerprint density at radius 1 is 1.29 bits per heavy atom. The van der Waals surface area contributed by atoms with Crippen LogP contribution in [0, 0.1) is 25.7 Å². The van der Waals surface area contributed by atoms with Gasteiger partial charge in [-0.2, -0.15) is 5.10 Å². The molecule has 1 saturated heterocycles. The second-order valence-electron chi connectivity index (χ2n) is 7.94. The number of carbonyl (C=O) groups excluding carboxylic acids is 2. The molecule has 1 aliphatic heterocycles. The minimum atomic E-state index is -0.246. The number of likely N-dealkylation sites (tertiary alicyclic amines) is 1. The largest absolute Gasteiger partial charge is 0.355 e. The summed E-state index contributed by atoms with van der Waals surface area (Å²) in [5, 5.41) is 7.50. The Labute approximate surface area is 166 Å². The van der Waals surface area contributed by atoms with Crippen molar-refractivity contribution in [3.05, 3.63) is 53.3 Å². The van der Waals surface area contributed by atoms with Crippen LogP contribution < -0.4 is 5.32 Å². The Morgan fingerprint density at radius 2 is 2.04 bits per heavy atom. The first-order chi connectivity index (χ1) is 13.4. The van der Waals surface area contributed by atoms with E-state index < -0.39 is 0 Å². The summed E-state index contributed by atoms with van der Waals surface area (Å²) >= 11 is 0. The van der Waals surface area contributed by atoms with E-state index >= 15 is 0 Å². The molecule has 2 heterocycles. The van der Waals surface area contributed by atoms with Crippen molar-refractivity contribution in [1.82, 2.24) is 20.0 Å². The van der Waals surface area contributed by atoms with E-state index in [-0.39, 0.29) is 23.7 Å². The lowest BCUT2D eigenvalue weighted by atomic mass is 10.1. The van der Waals surface area contributed by atoms with Crippen LogP contribution in [0.2, 0.25) is 0 Å². The number of hydrogen-bond acceptors (Lipinski definition) is 3. The SMILES string of the molecule is Cc1cc(C)n(CC(C)CNC(=O)C2CC(=O)N(CCc3ccccc3)C2)n1. The minimum Gasteiger partial charge on any atom is -0.355 e. The van der Waals surface area contributed by atoms with E-state index in [4.69, 9.17) is 0 Å². The van der Waals surface area contributed by atoms with Crippen LogP contribution in [-0.2, 0) is 22.6 Å². The number of nitrogens with one attached hydrogen (secondary N) is 1. The highest BCUT2D eigenvalue weighted by Gasteiger charge is 2.33. The predicted octanol–water partition coefficient (Wildman–Crippen LogP) is 2.34. The average molecular weight is 383 g/mol. The van der Waals surface area contributed by atoms with Crippen LogP contribution in [0.5, 0.6) is 0 Å². The highest BCUT2D eigenvalue weighted by molar-refractivity contribution is 5.89. The van der Waals surface area contributed by atoms with Crippen LogP contribution in [0.3, 0.4) is 0 Å². The number of nitrogens with zero attached hydrogens (tertiary/aromatic N) is 3. The van der Waals surface area contributed by atoms with Crippen LogP contribution in [0.25, 0.3) is 0 Å². The Balaban J connectivity index is 1.43. The average Bonchev–Trinajstić information content (AvgIpc) is 3.20. The zero-order valence-corrected chi connectivity index (χ0v) is 17.0. The lowest BCUT2D eigenvalue weighted by molar-refractivity contribution is -0.129. The third-order valence-electron chi connectivity index (χ3n) is 5.31. The molecule has 2 unspecified atom stereocenters. The molecule has 150 valence electrons. The van der Waals surface area contributed by atoms with Gasteiger partial charge in [0.15, 0.2) is 0 Å². The number of carbonyl (C=O) groups is 2. The first kappa shape index (κ1) is 20.1. The summed E-state index contributed by atoms with van der Waals surface area (Å²) in [6.45, 7) is 8.67. The van der Waals surface area contributed by atoms with Crippen molar-refractivity contribution >= 4 is 11.8 Å². The molecule has 1 fully saturated rings. The van der Waals surface area contributed by atoms with Crippen LogP contribution >= 0.6 is 0 Å². The quantitative estimate of drug-likeness (QED) is 0.762. The smallest absolute Gasteiger partial charge is 0.225 e. The van der Waals surface area contributed by atoms with Gasteiger partial charge in [-0.15, -0.1) is 0 Å². The molecule has 0 saturated carbocycles. The van der Waals surface area contributed by atoms with Crippen LogP contribution in [0.1, 0.15) is 30.3 Å². The summed E-state index contributed by atoms with van der Waals surface area (Å²) in [5.74, 6) is 0.0833. The molecule has 1 aromatic heterocycles. The van der Waals surface area contributed by atoms with Crippen molar-refractivity contribution in [2.24, 2.45) is 11.8 Å². The first-order valence-corrected chi connectivity index (χ1v) is 10.0. The second kappa shape index (κ2) is 9.04. The van der Waals surface area contributed by atoms with Crippen molar-refractivity contribution < 1.29 is 9.59 Å². The van der Waals surface area contributed by atoms with Gasteiger partial charge < -0.3 is 10.2 Å². The van der Waals surface area contributed by atoms with E-state index in [1.807, 2.05) is 41.6 Å². The zero-order chi connectivity index (χ0) is 20.1. The Hall–Kier alpha value is -2.63. The van der Waals surface area contributed by atoms with Gasteiger partial charge in [-0.3, -0.25) is 14.3 Å². The molecule has 2 amide bonds. The fourth-order valence-electron chi connectivity index (χ4n) is 3.71. The molecule has 0 bridgehead atoms. The minimum absolute atomic E-state index is 0.0178. The fraction of sp³-hybridized carbons (Fsp3) is 0.500. The monoisotopic (exact) mass is 382 g/mol. The summed E-state index contributed by atoms with van der Waals surface area (Å²) < 4.78 is 1.98. The van der Waals surface area contributed by atoms with Crippen molar-refractivity contribution in [2.75, 3.05) is 19.6 Å². The van der Waals surface area contributed by atoms with Gasteiger partial charge in [-0.25, -0.2) is 0 Å². The predicted molar refractivity (Wildman–Crippen MR) is 109 cm³/mol. The summed E-state index contributed by atoms with van der Waals surface area (Å²) in [5.41, 5.74) is 3.35. The number of amides is 2. The molecule has 0 spiro atoms. The third kappa shape index (κ3) is 5.21. The van der Waals surface area contributed by atoms with Gasteiger partial charge in [0.2, 0.25) is 11.8 Å². The van der Waals surface area contributed by atoms with E-state index in [0.717, 1.165) is 24.4 Å². The highest BCUT2D eigenvalue weighted by atomic mass is 16.2. The molecule has 28 heavy (non-hydrogen) atoms. The molecule has 3 rings (SSSR count). The number of aromatic nitrogens is 2. The maximum absolute atomic E-state index is 12.5. The molecular formula is C22H30N4O2. The number of benzene rings is 1. The standard InChI is InChI=1S/C22H30N4O2/c1-16(14-26-18(3)11-17(2)24-26)13-23-22(28)20-12-21(27)25(15-20)10-9-19-7-5-4-6-8-19/h4-8,11,16,20H,9-10,12-15H2,1-3H3,(H,23,28). The molecule has 6 heteroatoms. The van der Waals surface area contributed by atoms with Crippen molar-refractivity contribution in [3.8, 4) is 0 Å². The van der Waals surface area contributed by atoms with Crippen LogP contribution in [0.15, 0.2) is 36.4 Å². The number of hydrogen-bond donors (Lipinski definition) is 1. The Kier molecular flexibility index (Phi) is 6.49. The lowest BCUT2D eigenvalue weighted by Gasteiger charge is -2.18. The fourth-order valence-corrected chi connectivity index (χ4v) is 3.71. The molecule has 1 N–H and O–H groups in total. The number of aryl methyl sites for hydroxylation is 2. The van der Waals surface area contributed by atoms with E-state index in [9.17, 15) is 9.59 Å². The van der Waals surface area contributed by atoms with E-state index in [1.54, 1.807) is 0 Å². The van der Waals surface area contributed by atoms with Crippen LogP contribution in [-0.4, -0.2) is 46.1 Å². The van der Waals surface area contributed by atoms with Gasteiger partial charge in [-0.1, -0.05) is 37.3 Å². The molecule has 1 aliphatic rings. The second-order valence-corrected chi connectivity index (χ2v) is 7.94. The number of rotatable bonds is 8. The topological polar surface area (TPSA) is 67.2 Å². The van der Waals surface area contributed by atoms with Gasteiger partial charge in [0.05, 0.1) is 11.6 Å². The zero-order valence-electron chi connectivity index (χ0n) is 17.0. The summed E-state index contributed by atoms with van der Waals surface area (Å²) in [7, 11) is 0. The summed E-state index contributed by atoms with van der Waals surface area (Å²) in [6.07, 6.45) is 1.13. The summed E-state index contributed by atoms with van der Waals surface area (Å²) in [4.78, 5) is 26.6. The van der Waals surface area contributed by atoms with Crippen molar-refractivity contribution in [2.45, 2.75) is 40.2 Å². The maximum atomic E-state index is 12.5. The van der Waals surface area contributed by atoms with Gasteiger partial charge >= 0.3 is 0 Å². The van der Waals surface area contributed by atoms with Crippen LogP contribution in [0.4, 0.5) is 0 Å². The van der Waals surface area contributed by atoms with E-state index in [1.165, 1.54) is 5.56 Å². The molecule has 2 aromatic rings. The molecular weight excluding hydrogens is 352 g/mol. The normalized spacial score (nSPS) is 17.8. The van der Waals surface area contributed by atoms with Crippen molar-refractivity contribution in [3.63, 3.8) is 0 Å². The van der Waals surface area contributed by atoms with Gasteiger partial charge in [-0.05, 0) is 37.8 Å². The Bertz CT molecular complexity index is 815. The Morgan fingerprint density at radius 3 is 2.71 bits per heavy atom. The highest BCUT2D eigenvalue weighted by Crippen LogP contribution is 2.18. The van der Waals surface area contributed by atoms with Gasteiger partial charge in [0.25, 0.3) is 0 Å². The van der Waals surface area contributed by atoms with Crippen molar-refractivity contribution in [1.29, 1.82) is 0 Å². The maximum Gasteiger partial charge on any atom is 0.225 e. The van der Waals surface area contributed by atoms with E-state index in [2.05, 4.69) is 35.5 Å². The molecule has 6 nitrogen and oxygen atoms in total.